The summed E-state index contributed by atoms with van der Waals surface area (Å²) in [5.74, 6) is -0.302. The van der Waals surface area contributed by atoms with E-state index in [1.165, 1.54) is 13.8 Å². The summed E-state index contributed by atoms with van der Waals surface area (Å²) >= 11 is 0. The Morgan fingerprint density at radius 3 is 2.14 bits per heavy atom. The number of carbonyl (C=O) groups is 3. The van der Waals surface area contributed by atoms with Gasteiger partial charge in [0.2, 0.25) is 17.5 Å². The summed E-state index contributed by atoms with van der Waals surface area (Å²) in [6.07, 6.45) is 11.9. The number of fused-ring (bicyclic) bond motifs is 5. The molecule has 2 unspecified atom stereocenters. The second-order valence-electron chi connectivity index (χ2n) is 17.3. The van der Waals surface area contributed by atoms with Crippen molar-refractivity contribution in [3.63, 3.8) is 0 Å². The van der Waals surface area contributed by atoms with Crippen LogP contribution in [0.3, 0.4) is 0 Å². The third kappa shape index (κ3) is 6.94. The van der Waals surface area contributed by atoms with Crippen molar-refractivity contribution < 1.29 is 43.4 Å². The van der Waals surface area contributed by atoms with Crippen molar-refractivity contribution in [2.45, 2.75) is 169 Å². The molecule has 10 nitrogen and oxygen atoms in total. The quantitative estimate of drug-likeness (QED) is 0.193. The van der Waals surface area contributed by atoms with Crippen LogP contribution in [0.1, 0.15) is 145 Å². The summed E-state index contributed by atoms with van der Waals surface area (Å²) in [7, 11) is 0. The second kappa shape index (κ2) is 14.3. The lowest BCUT2D eigenvalue weighted by molar-refractivity contribution is -0.665. The number of rotatable bonds is 9. The van der Waals surface area contributed by atoms with Gasteiger partial charge < -0.3 is 14.8 Å². The van der Waals surface area contributed by atoms with Gasteiger partial charge in [-0.25, -0.2) is 0 Å². The van der Waals surface area contributed by atoms with E-state index in [1.54, 1.807) is 0 Å². The van der Waals surface area contributed by atoms with Gasteiger partial charge >= 0.3 is 11.9 Å². The Bertz CT molecular complexity index is 1210. The van der Waals surface area contributed by atoms with Gasteiger partial charge in [0.05, 0.1) is 0 Å². The zero-order valence-corrected chi connectivity index (χ0v) is 31.2. The molecule has 278 valence electrons. The average Bonchev–Trinajstić information content (AvgIpc) is 3.43. The molecule has 10 atom stereocenters. The summed E-state index contributed by atoms with van der Waals surface area (Å²) in [6.45, 7) is 15.0. The van der Waals surface area contributed by atoms with E-state index < -0.39 is 11.6 Å². The maximum atomic E-state index is 12.7. The molecule has 0 aromatic heterocycles. The highest BCUT2D eigenvalue weighted by molar-refractivity contribution is 5.75. The first-order valence-corrected chi connectivity index (χ1v) is 19.6. The number of hydrogen-bond donors (Lipinski definition) is 1. The summed E-state index contributed by atoms with van der Waals surface area (Å²) < 4.78 is 12.6. The fraction of sp³-hybridized carbons (Fsp3) is 0.923. The van der Waals surface area contributed by atoms with Crippen molar-refractivity contribution >= 4 is 17.8 Å². The molecule has 1 aliphatic heterocycles. The van der Waals surface area contributed by atoms with Crippen molar-refractivity contribution in [2.75, 3.05) is 6.54 Å². The van der Waals surface area contributed by atoms with Gasteiger partial charge in [-0.2, -0.15) is 19.6 Å². The monoisotopic (exact) mass is 689 g/mol. The number of nitrogens with one attached hydrogen (secondary N) is 1. The molecule has 1 saturated heterocycles. The summed E-state index contributed by atoms with van der Waals surface area (Å²) in [6, 6.07) is 0. The van der Waals surface area contributed by atoms with Crippen LogP contribution in [-0.2, 0) is 43.4 Å². The van der Waals surface area contributed by atoms with Gasteiger partial charge in [0.15, 0.2) is 0 Å². The molecule has 10 heteroatoms. The Hall–Kier alpha value is -1.75. The Balaban J connectivity index is 1.23. The first-order valence-electron chi connectivity index (χ1n) is 19.6. The van der Waals surface area contributed by atoms with E-state index in [0.29, 0.717) is 31.7 Å². The maximum Gasteiger partial charge on any atom is 0.302 e. The maximum absolute atomic E-state index is 12.7. The third-order valence-corrected chi connectivity index (χ3v) is 14.7. The molecule has 0 bridgehead atoms. The first kappa shape index (κ1) is 37.0. The average molecular weight is 690 g/mol. The van der Waals surface area contributed by atoms with Gasteiger partial charge in [-0.15, -0.1) is 0 Å². The minimum Gasteiger partial charge on any atom is -0.462 e. The molecule has 0 aromatic rings. The highest BCUT2D eigenvalue weighted by atomic mass is 17.4. The molecule has 0 aromatic carbocycles. The molecule has 5 saturated carbocycles. The van der Waals surface area contributed by atoms with E-state index in [4.69, 9.17) is 29.0 Å². The van der Waals surface area contributed by atoms with Gasteiger partial charge in [-0.3, -0.25) is 14.4 Å². The first-order chi connectivity index (χ1) is 23.3. The highest BCUT2D eigenvalue weighted by Gasteiger charge is 2.69. The van der Waals surface area contributed by atoms with Gasteiger partial charge in [0, 0.05) is 63.8 Å². The fourth-order valence-electron chi connectivity index (χ4n) is 11.8. The van der Waals surface area contributed by atoms with E-state index in [-0.39, 0.29) is 76.4 Å². The van der Waals surface area contributed by atoms with Crippen molar-refractivity contribution in [2.24, 2.45) is 52.3 Å². The van der Waals surface area contributed by atoms with Gasteiger partial charge in [0.25, 0.3) is 0 Å². The Labute approximate surface area is 293 Å². The van der Waals surface area contributed by atoms with Crippen LogP contribution in [-0.4, -0.2) is 48.2 Å². The number of amides is 1. The lowest BCUT2D eigenvalue weighted by atomic mass is 9.42. The number of esters is 2. The van der Waals surface area contributed by atoms with Gasteiger partial charge in [-0.05, 0) is 98.7 Å². The van der Waals surface area contributed by atoms with E-state index >= 15 is 0 Å². The SMILES string of the molecule is CCCNC(=O)CCC(C)C1CC[C@H]2[C@@H]3[C@H](OC(C)=O)C[C@@H]4CC5(CC[C@]4(C)[C@H]3C[C@H](OC(C)=O)[C@]12C)OOC1(CCC(CC)CC1)OO5. The Morgan fingerprint density at radius 1 is 0.837 bits per heavy atom. The molecule has 5 aliphatic carbocycles. The van der Waals surface area contributed by atoms with E-state index in [1.807, 2.05) is 0 Å². The molecule has 49 heavy (non-hydrogen) atoms. The van der Waals surface area contributed by atoms with E-state index in [9.17, 15) is 14.4 Å². The fourth-order valence-corrected chi connectivity index (χ4v) is 11.8. The van der Waals surface area contributed by atoms with Crippen molar-refractivity contribution in [1.29, 1.82) is 0 Å². The summed E-state index contributed by atoms with van der Waals surface area (Å²) in [5, 5.41) is 3.02. The van der Waals surface area contributed by atoms with E-state index in [2.05, 4.69) is 39.9 Å². The van der Waals surface area contributed by atoms with Crippen molar-refractivity contribution in [3.8, 4) is 0 Å². The molecule has 0 radical (unpaired) electrons. The number of hydrogen-bond acceptors (Lipinski definition) is 9. The molecular weight excluding hydrogens is 626 g/mol. The molecule has 1 heterocycles. The molecule has 2 spiro atoms. The normalized spacial score (nSPS) is 45.1. The third-order valence-electron chi connectivity index (χ3n) is 14.7. The van der Waals surface area contributed by atoms with Crippen LogP contribution in [0.15, 0.2) is 0 Å². The lowest BCUT2D eigenvalue weighted by Gasteiger charge is -2.65. The van der Waals surface area contributed by atoms with Crippen LogP contribution < -0.4 is 5.32 Å². The van der Waals surface area contributed by atoms with Gasteiger partial charge in [0.1, 0.15) is 12.2 Å². The molecule has 1 amide bonds. The predicted molar refractivity (Wildman–Crippen MR) is 181 cm³/mol. The lowest BCUT2D eigenvalue weighted by Crippen LogP contribution is -2.65. The Kier molecular flexibility index (Phi) is 10.8. The second-order valence-corrected chi connectivity index (χ2v) is 17.3. The van der Waals surface area contributed by atoms with Crippen molar-refractivity contribution in [3.05, 3.63) is 0 Å². The minimum absolute atomic E-state index is 0.102. The topological polar surface area (TPSA) is 119 Å². The van der Waals surface area contributed by atoms with E-state index in [0.717, 1.165) is 77.0 Å². The van der Waals surface area contributed by atoms with Crippen LogP contribution in [0.25, 0.3) is 0 Å². The Morgan fingerprint density at radius 2 is 1.51 bits per heavy atom. The standard InChI is InChI=1S/C39H63NO9/c1-8-20-40-34(43)13-10-24(3)29-11-12-30-35-31(22-33(37(29,30)7)45-26(5)42)36(6)18-19-39(23-28(36)21-32(35)44-25(4)41)48-46-38(47-49-39)16-14-27(9-2)15-17-38/h24,27-33,35H,8-23H2,1-7H3,(H,40,43)/t24?,27?,28-,29?,30+,31+,32-,33+,35+,36+,37-,38?,39?/m1/s1. The summed E-state index contributed by atoms with van der Waals surface area (Å²) in [4.78, 5) is 62.6. The smallest absolute Gasteiger partial charge is 0.302 e. The molecule has 6 aliphatic rings. The molecule has 1 N–H and O–H groups in total. The van der Waals surface area contributed by atoms with Crippen LogP contribution in [0.5, 0.6) is 0 Å². The number of ether oxygens (including phenoxy) is 2. The molecule has 6 fully saturated rings. The van der Waals surface area contributed by atoms with Crippen molar-refractivity contribution in [1.82, 2.24) is 5.32 Å². The van der Waals surface area contributed by atoms with Crippen LogP contribution in [0.2, 0.25) is 0 Å². The zero-order valence-electron chi connectivity index (χ0n) is 31.2. The number of carbonyl (C=O) groups excluding carboxylic acids is 3. The van der Waals surface area contributed by atoms with Crippen LogP contribution >= 0.6 is 0 Å². The van der Waals surface area contributed by atoms with Crippen LogP contribution in [0, 0.1) is 52.3 Å². The van der Waals surface area contributed by atoms with Crippen LogP contribution in [0.4, 0.5) is 0 Å². The predicted octanol–water partition coefficient (Wildman–Crippen LogP) is 7.57. The zero-order chi connectivity index (χ0) is 35.2. The minimum atomic E-state index is -1.000. The van der Waals surface area contributed by atoms with Gasteiger partial charge in [-0.1, -0.05) is 41.0 Å². The molecular formula is C39H63NO9. The molecule has 6 rings (SSSR count). The summed E-state index contributed by atoms with van der Waals surface area (Å²) in [5.41, 5.74) is -0.388. The largest absolute Gasteiger partial charge is 0.462 e. The highest BCUT2D eigenvalue weighted by Crippen LogP contribution is 2.70.